The molecule has 0 aliphatic rings. The van der Waals surface area contributed by atoms with E-state index in [0.717, 1.165) is 0 Å². The first-order valence-electron chi connectivity index (χ1n) is 3.33. The quantitative estimate of drug-likeness (QED) is 0.526. The summed E-state index contributed by atoms with van der Waals surface area (Å²) < 4.78 is 0. The number of nitrogens with one attached hydrogen (secondary N) is 1. The van der Waals surface area contributed by atoms with Gasteiger partial charge in [0.2, 0.25) is 0 Å². The summed E-state index contributed by atoms with van der Waals surface area (Å²) in [6.45, 7) is 9.74. The SMILES string of the molecule is CC.CC(=N)C=C(C)C.[HH].[HH]. The van der Waals surface area contributed by atoms with E-state index in [1.54, 1.807) is 6.92 Å². The van der Waals surface area contributed by atoms with Crippen molar-refractivity contribution in [3.05, 3.63) is 11.6 Å². The van der Waals surface area contributed by atoms with Crippen LogP contribution in [0.4, 0.5) is 0 Å². The van der Waals surface area contributed by atoms with Gasteiger partial charge in [0.1, 0.15) is 0 Å². The molecule has 0 saturated carbocycles. The van der Waals surface area contributed by atoms with E-state index in [1.165, 1.54) is 5.57 Å². The van der Waals surface area contributed by atoms with E-state index in [9.17, 15) is 0 Å². The molecule has 9 heavy (non-hydrogen) atoms. The Labute approximate surface area is 61.3 Å². The van der Waals surface area contributed by atoms with Crippen molar-refractivity contribution < 1.29 is 2.85 Å². The molecule has 1 N–H and O–H groups in total. The Morgan fingerprint density at radius 2 is 1.56 bits per heavy atom. The molecule has 0 aromatic rings. The lowest BCUT2D eigenvalue weighted by Gasteiger charge is -1.83. The molecule has 0 fully saturated rings. The lowest BCUT2D eigenvalue weighted by atomic mass is 10.3. The van der Waals surface area contributed by atoms with Crippen LogP contribution in [0.15, 0.2) is 11.6 Å². The van der Waals surface area contributed by atoms with Crippen LogP contribution >= 0.6 is 0 Å². The molecule has 58 valence electrons. The second-order valence-corrected chi connectivity index (χ2v) is 1.90. The number of hydrogen-bond donors (Lipinski definition) is 1. The molecular weight excluding hydrogens is 110 g/mol. The maximum absolute atomic E-state index is 6.95. The second-order valence-electron chi connectivity index (χ2n) is 1.90. The first-order valence-corrected chi connectivity index (χ1v) is 3.33. The lowest BCUT2D eigenvalue weighted by molar-refractivity contribution is 1.38. The lowest BCUT2D eigenvalue weighted by Crippen LogP contribution is -1.78. The van der Waals surface area contributed by atoms with Crippen LogP contribution < -0.4 is 0 Å². The molecule has 0 aromatic carbocycles. The summed E-state index contributed by atoms with van der Waals surface area (Å²) in [5.41, 5.74) is 1.81. The van der Waals surface area contributed by atoms with Gasteiger partial charge in [0.05, 0.1) is 0 Å². The summed E-state index contributed by atoms with van der Waals surface area (Å²) in [5.74, 6) is 0. The molecule has 0 heterocycles. The zero-order valence-electron chi connectivity index (χ0n) is 7.08. The summed E-state index contributed by atoms with van der Waals surface area (Å²) in [7, 11) is 0. The fourth-order valence-corrected chi connectivity index (χ4v) is 0.433. The Morgan fingerprint density at radius 3 is 1.56 bits per heavy atom. The molecule has 1 nitrogen and oxygen atoms in total. The Bertz CT molecular complexity index is 105. The molecule has 0 unspecified atom stereocenters. The molecule has 0 aromatic heterocycles. The van der Waals surface area contributed by atoms with E-state index in [4.69, 9.17) is 5.41 Å². The van der Waals surface area contributed by atoms with Gasteiger partial charge in [0, 0.05) is 8.56 Å². The van der Waals surface area contributed by atoms with Crippen molar-refractivity contribution in [2.24, 2.45) is 0 Å². The zero-order valence-corrected chi connectivity index (χ0v) is 7.08. The fourth-order valence-electron chi connectivity index (χ4n) is 0.433. The first kappa shape index (κ1) is 11.2. The van der Waals surface area contributed by atoms with Crippen molar-refractivity contribution in [3.63, 3.8) is 0 Å². The summed E-state index contributed by atoms with van der Waals surface area (Å²) in [6, 6.07) is 0. The van der Waals surface area contributed by atoms with Crippen molar-refractivity contribution in [3.8, 4) is 0 Å². The van der Waals surface area contributed by atoms with Crippen LogP contribution in [0.5, 0.6) is 0 Å². The molecule has 0 amide bonds. The highest BCUT2D eigenvalue weighted by Crippen LogP contribution is 1.86. The zero-order chi connectivity index (χ0) is 7.86. The van der Waals surface area contributed by atoms with Crippen molar-refractivity contribution in [2.45, 2.75) is 34.6 Å². The Kier molecular flexibility index (Phi) is 9.25. The average Bonchev–Trinajstić information content (AvgIpc) is 1.68. The number of allylic oxidation sites excluding steroid dienone is 2. The van der Waals surface area contributed by atoms with Gasteiger partial charge in [-0.3, -0.25) is 0 Å². The first-order chi connectivity index (χ1) is 4.13. The van der Waals surface area contributed by atoms with Crippen LogP contribution in [0, 0.1) is 5.41 Å². The highest BCUT2D eigenvalue weighted by Gasteiger charge is 1.75. The van der Waals surface area contributed by atoms with Crippen LogP contribution in [0.25, 0.3) is 0 Å². The minimum Gasteiger partial charge on any atom is -0.306 e. The van der Waals surface area contributed by atoms with Crippen molar-refractivity contribution in [1.29, 1.82) is 5.41 Å². The standard InChI is InChI=1S/C6H11N.C2H6.2H2/c1-5(2)4-6(3)7;1-2;;/h4,7H,1-3H3;1-2H3;2*1H. The summed E-state index contributed by atoms with van der Waals surface area (Å²) in [4.78, 5) is 0. The van der Waals surface area contributed by atoms with Gasteiger partial charge in [-0.15, -0.1) is 0 Å². The van der Waals surface area contributed by atoms with E-state index in [1.807, 2.05) is 33.8 Å². The molecule has 0 bridgehead atoms. The highest BCUT2D eigenvalue weighted by atomic mass is 14.4. The van der Waals surface area contributed by atoms with Crippen molar-refractivity contribution >= 4 is 5.71 Å². The largest absolute Gasteiger partial charge is 0.306 e. The fraction of sp³-hybridized carbons (Fsp3) is 0.625. The molecule has 0 saturated heterocycles. The third kappa shape index (κ3) is 18.7. The molecular formula is C8H21N. The Hall–Kier alpha value is -0.590. The van der Waals surface area contributed by atoms with Crippen LogP contribution in [-0.2, 0) is 0 Å². The maximum atomic E-state index is 6.95. The summed E-state index contributed by atoms with van der Waals surface area (Å²) >= 11 is 0. The average molecular weight is 131 g/mol. The van der Waals surface area contributed by atoms with E-state index in [2.05, 4.69) is 0 Å². The molecule has 1 heteroatoms. The molecule has 0 aliphatic heterocycles. The predicted octanol–water partition coefficient (Wildman–Crippen LogP) is 3.51. The van der Waals surface area contributed by atoms with Crippen LogP contribution in [-0.4, -0.2) is 5.71 Å². The van der Waals surface area contributed by atoms with Crippen LogP contribution in [0.3, 0.4) is 0 Å². The van der Waals surface area contributed by atoms with Crippen LogP contribution in [0.2, 0.25) is 0 Å². The van der Waals surface area contributed by atoms with E-state index >= 15 is 0 Å². The van der Waals surface area contributed by atoms with Gasteiger partial charge < -0.3 is 5.41 Å². The monoisotopic (exact) mass is 131 g/mol. The maximum Gasteiger partial charge on any atom is 0.0282 e. The van der Waals surface area contributed by atoms with Gasteiger partial charge >= 0.3 is 0 Å². The van der Waals surface area contributed by atoms with Gasteiger partial charge in [-0.2, -0.15) is 0 Å². The highest BCUT2D eigenvalue weighted by molar-refractivity contribution is 5.90. The summed E-state index contributed by atoms with van der Waals surface area (Å²) in [6.07, 6.45) is 1.83. The van der Waals surface area contributed by atoms with E-state index < -0.39 is 0 Å². The number of rotatable bonds is 1. The van der Waals surface area contributed by atoms with Crippen LogP contribution in [0.1, 0.15) is 37.5 Å². The van der Waals surface area contributed by atoms with Gasteiger partial charge in [-0.05, 0) is 26.8 Å². The minimum absolute atomic E-state index is 0. The van der Waals surface area contributed by atoms with Crippen molar-refractivity contribution in [1.82, 2.24) is 0 Å². The molecule has 0 aliphatic carbocycles. The topological polar surface area (TPSA) is 23.9 Å². The third-order valence-electron chi connectivity index (χ3n) is 0.505. The predicted molar refractivity (Wildman–Crippen MR) is 48.4 cm³/mol. The summed E-state index contributed by atoms with van der Waals surface area (Å²) in [5, 5.41) is 6.95. The normalized spacial score (nSPS) is 6.78. The van der Waals surface area contributed by atoms with Crippen molar-refractivity contribution in [2.75, 3.05) is 0 Å². The second kappa shape index (κ2) is 7.41. The molecule has 0 atom stereocenters. The Morgan fingerprint density at radius 1 is 1.22 bits per heavy atom. The Balaban J connectivity index is -0.0000000564. The van der Waals surface area contributed by atoms with Gasteiger partial charge in [-0.1, -0.05) is 19.4 Å². The molecule has 0 radical (unpaired) electrons. The molecule has 0 spiro atoms. The number of hydrogen-bond acceptors (Lipinski definition) is 1. The minimum atomic E-state index is 0. The smallest absolute Gasteiger partial charge is 0.0282 e. The van der Waals surface area contributed by atoms with E-state index in [0.29, 0.717) is 5.71 Å². The van der Waals surface area contributed by atoms with Gasteiger partial charge in [-0.25, -0.2) is 0 Å². The third-order valence-corrected chi connectivity index (χ3v) is 0.505. The van der Waals surface area contributed by atoms with Gasteiger partial charge in [0.25, 0.3) is 0 Å². The molecule has 0 rings (SSSR count). The van der Waals surface area contributed by atoms with E-state index in [-0.39, 0.29) is 2.85 Å². The van der Waals surface area contributed by atoms with Gasteiger partial charge in [0.15, 0.2) is 0 Å².